The molecule has 18 heavy (non-hydrogen) atoms. The van der Waals surface area contributed by atoms with Gasteiger partial charge in [-0.2, -0.15) is 0 Å². The van der Waals surface area contributed by atoms with Crippen LogP contribution >= 0.6 is 0 Å². The average Bonchev–Trinajstić information content (AvgIpc) is 3.21. The summed E-state index contributed by atoms with van der Waals surface area (Å²) in [4.78, 5) is 0. The fraction of sp³-hybridized carbons (Fsp3) is 0.600. The van der Waals surface area contributed by atoms with Crippen molar-refractivity contribution in [1.82, 2.24) is 5.32 Å². The molecule has 2 saturated carbocycles. The molecular weight excluding hydrogens is 229 g/mol. The zero-order valence-corrected chi connectivity index (χ0v) is 10.7. The van der Waals surface area contributed by atoms with E-state index in [1.54, 1.807) is 0 Å². The number of halogens is 1. The zero-order chi connectivity index (χ0) is 12.8. The van der Waals surface area contributed by atoms with Gasteiger partial charge in [0.25, 0.3) is 0 Å². The molecule has 1 aromatic rings. The molecule has 2 aliphatic rings. The van der Waals surface area contributed by atoms with Crippen LogP contribution in [0.4, 0.5) is 4.39 Å². The lowest BCUT2D eigenvalue weighted by Crippen LogP contribution is -2.28. The number of aromatic hydroxyl groups is 1. The van der Waals surface area contributed by atoms with Crippen molar-refractivity contribution in [3.8, 4) is 5.75 Å². The van der Waals surface area contributed by atoms with Gasteiger partial charge in [-0.15, -0.1) is 0 Å². The smallest absolute Gasteiger partial charge is 0.123 e. The fourth-order valence-corrected chi connectivity index (χ4v) is 2.92. The Morgan fingerprint density at radius 3 is 2.78 bits per heavy atom. The van der Waals surface area contributed by atoms with E-state index in [-0.39, 0.29) is 17.6 Å². The van der Waals surface area contributed by atoms with Crippen molar-refractivity contribution in [2.24, 2.45) is 11.3 Å². The van der Waals surface area contributed by atoms with Crippen molar-refractivity contribution in [2.45, 2.75) is 38.6 Å². The first kappa shape index (κ1) is 12.0. The van der Waals surface area contributed by atoms with Crippen LogP contribution in [0.2, 0.25) is 0 Å². The highest BCUT2D eigenvalue weighted by Gasteiger charge is 2.53. The summed E-state index contributed by atoms with van der Waals surface area (Å²) in [6.07, 6.45) is 5.40. The summed E-state index contributed by atoms with van der Waals surface area (Å²) in [5.74, 6) is 0.797. The molecule has 2 nitrogen and oxygen atoms in total. The molecule has 0 spiro atoms. The first-order chi connectivity index (χ1) is 8.61. The molecule has 0 aromatic heterocycles. The van der Waals surface area contributed by atoms with Crippen LogP contribution < -0.4 is 5.32 Å². The molecule has 3 rings (SSSR count). The summed E-state index contributed by atoms with van der Waals surface area (Å²) in [6, 6.07) is 4.13. The van der Waals surface area contributed by atoms with Gasteiger partial charge in [0.2, 0.25) is 0 Å². The molecule has 2 N–H and O–H groups in total. The van der Waals surface area contributed by atoms with E-state index in [0.29, 0.717) is 11.0 Å². The van der Waals surface area contributed by atoms with Crippen molar-refractivity contribution in [2.75, 3.05) is 6.54 Å². The second kappa shape index (κ2) is 4.23. The predicted octanol–water partition coefficient (Wildman–Crippen LogP) is 3.37. The Balaban J connectivity index is 1.63. The Labute approximate surface area is 107 Å². The summed E-state index contributed by atoms with van der Waals surface area (Å²) in [7, 11) is 0. The molecule has 0 aliphatic heterocycles. The Hall–Kier alpha value is -1.09. The van der Waals surface area contributed by atoms with E-state index in [9.17, 15) is 9.50 Å². The maximum Gasteiger partial charge on any atom is 0.123 e. The van der Waals surface area contributed by atoms with Gasteiger partial charge < -0.3 is 10.4 Å². The monoisotopic (exact) mass is 249 g/mol. The van der Waals surface area contributed by atoms with Crippen LogP contribution in [0, 0.1) is 17.2 Å². The Kier molecular flexibility index (Phi) is 2.81. The summed E-state index contributed by atoms with van der Waals surface area (Å²) < 4.78 is 13.2. The summed E-state index contributed by atoms with van der Waals surface area (Å²) in [6.45, 7) is 2.98. The van der Waals surface area contributed by atoms with Gasteiger partial charge in [-0.1, -0.05) is 0 Å². The van der Waals surface area contributed by atoms with Gasteiger partial charge in [0.05, 0.1) is 0 Å². The molecule has 0 bridgehead atoms. The van der Waals surface area contributed by atoms with Crippen LogP contribution in [-0.4, -0.2) is 11.7 Å². The predicted molar refractivity (Wildman–Crippen MR) is 68.9 cm³/mol. The van der Waals surface area contributed by atoms with Crippen molar-refractivity contribution in [3.63, 3.8) is 0 Å². The van der Waals surface area contributed by atoms with Gasteiger partial charge in [0.1, 0.15) is 11.6 Å². The quantitative estimate of drug-likeness (QED) is 0.838. The van der Waals surface area contributed by atoms with E-state index in [1.807, 2.05) is 6.92 Å². The molecule has 2 aliphatic carbocycles. The van der Waals surface area contributed by atoms with E-state index in [4.69, 9.17) is 0 Å². The Morgan fingerprint density at radius 2 is 2.17 bits per heavy atom. The first-order valence-electron chi connectivity index (χ1n) is 6.82. The van der Waals surface area contributed by atoms with Crippen molar-refractivity contribution < 1.29 is 9.50 Å². The molecule has 1 unspecified atom stereocenters. The molecule has 1 aromatic carbocycles. The maximum absolute atomic E-state index is 13.2. The van der Waals surface area contributed by atoms with Gasteiger partial charge in [0.15, 0.2) is 0 Å². The summed E-state index contributed by atoms with van der Waals surface area (Å²) in [5.41, 5.74) is 1.18. The number of nitrogens with one attached hydrogen (secondary N) is 1. The molecule has 1 atom stereocenters. The minimum absolute atomic E-state index is 0.00285. The number of hydrogen-bond acceptors (Lipinski definition) is 2. The fourth-order valence-electron chi connectivity index (χ4n) is 2.92. The van der Waals surface area contributed by atoms with Crippen LogP contribution in [0.1, 0.15) is 44.2 Å². The van der Waals surface area contributed by atoms with E-state index >= 15 is 0 Å². The first-order valence-corrected chi connectivity index (χ1v) is 6.82. The van der Waals surface area contributed by atoms with Crippen molar-refractivity contribution in [3.05, 3.63) is 29.6 Å². The molecule has 98 valence electrons. The lowest BCUT2D eigenvalue weighted by Gasteiger charge is -2.20. The second-order valence-corrected chi connectivity index (χ2v) is 5.94. The standard InChI is InChI=1S/C15H20FNO/c1-10(13-8-12(16)4-5-14(13)18)17-9-15(6-7-15)11-2-3-11/h4-5,8,10-11,17-18H,2-3,6-7,9H2,1H3. The Bertz CT molecular complexity index is 452. The topological polar surface area (TPSA) is 32.3 Å². The number of rotatable bonds is 5. The molecule has 0 heterocycles. The van der Waals surface area contributed by atoms with Gasteiger partial charge in [-0.25, -0.2) is 4.39 Å². The minimum atomic E-state index is -0.292. The lowest BCUT2D eigenvalue weighted by atomic mass is 9.99. The van der Waals surface area contributed by atoms with Crippen LogP contribution in [-0.2, 0) is 0 Å². The summed E-state index contributed by atoms with van der Waals surface area (Å²) in [5, 5.41) is 13.2. The third-order valence-corrected chi connectivity index (χ3v) is 4.55. The van der Waals surface area contributed by atoms with E-state index in [0.717, 1.165) is 12.5 Å². The molecule has 0 radical (unpaired) electrons. The van der Waals surface area contributed by atoms with Gasteiger partial charge in [0, 0.05) is 18.2 Å². The third kappa shape index (κ3) is 2.24. The Morgan fingerprint density at radius 1 is 1.44 bits per heavy atom. The number of benzene rings is 1. The van der Waals surface area contributed by atoms with Gasteiger partial charge >= 0.3 is 0 Å². The van der Waals surface area contributed by atoms with Crippen LogP contribution in [0.25, 0.3) is 0 Å². The number of phenols is 1. The van der Waals surface area contributed by atoms with E-state index < -0.39 is 0 Å². The third-order valence-electron chi connectivity index (χ3n) is 4.55. The highest BCUT2D eigenvalue weighted by molar-refractivity contribution is 5.34. The van der Waals surface area contributed by atoms with Crippen LogP contribution in [0.3, 0.4) is 0 Å². The maximum atomic E-state index is 13.2. The number of hydrogen-bond donors (Lipinski definition) is 2. The normalized spacial score (nSPS) is 22.8. The minimum Gasteiger partial charge on any atom is -0.508 e. The second-order valence-electron chi connectivity index (χ2n) is 5.94. The average molecular weight is 249 g/mol. The molecule has 0 amide bonds. The lowest BCUT2D eigenvalue weighted by molar-refractivity contribution is 0.375. The highest BCUT2D eigenvalue weighted by Crippen LogP contribution is 2.61. The number of phenolic OH excluding ortho intramolecular Hbond substituents is 1. The molecule has 2 fully saturated rings. The molecule has 3 heteroatoms. The van der Waals surface area contributed by atoms with E-state index in [2.05, 4.69) is 5.32 Å². The summed E-state index contributed by atoms with van der Waals surface area (Å²) >= 11 is 0. The molecular formula is C15H20FNO. The highest BCUT2D eigenvalue weighted by atomic mass is 19.1. The van der Waals surface area contributed by atoms with Crippen LogP contribution in [0.5, 0.6) is 5.75 Å². The SMILES string of the molecule is CC(NCC1(C2CC2)CC1)c1cc(F)ccc1O. The van der Waals surface area contributed by atoms with Gasteiger partial charge in [-0.3, -0.25) is 0 Å². The van der Waals surface area contributed by atoms with Crippen molar-refractivity contribution >= 4 is 0 Å². The molecule has 0 saturated heterocycles. The van der Waals surface area contributed by atoms with Crippen molar-refractivity contribution in [1.29, 1.82) is 0 Å². The van der Waals surface area contributed by atoms with Crippen LogP contribution in [0.15, 0.2) is 18.2 Å². The zero-order valence-electron chi connectivity index (χ0n) is 10.7. The van der Waals surface area contributed by atoms with E-state index in [1.165, 1.54) is 43.9 Å². The largest absolute Gasteiger partial charge is 0.508 e. The van der Waals surface area contributed by atoms with Gasteiger partial charge in [-0.05, 0) is 62.1 Å².